The van der Waals surface area contributed by atoms with Crippen molar-refractivity contribution in [1.82, 2.24) is 9.88 Å². The average Bonchev–Trinajstić information content (AvgIpc) is 3.15. The summed E-state index contributed by atoms with van der Waals surface area (Å²) in [6, 6.07) is 11.3. The van der Waals surface area contributed by atoms with Gasteiger partial charge in [0.2, 0.25) is 5.78 Å². The highest BCUT2D eigenvalue weighted by atomic mass is 16.5. The predicted octanol–water partition coefficient (Wildman–Crippen LogP) is 4.38. The van der Waals surface area contributed by atoms with E-state index < -0.39 is 0 Å². The zero-order valence-electron chi connectivity index (χ0n) is 18.8. The Hall–Kier alpha value is -3.84. The Morgan fingerprint density at radius 1 is 1.15 bits per heavy atom. The van der Waals surface area contributed by atoms with E-state index in [2.05, 4.69) is 9.88 Å². The SMILES string of the molecule is COc1ccc(OC)c(C=C2Oc3c(cc4c(c3C)OCN(Cc3cccnc3)C4)C2=O)c1. The van der Waals surface area contributed by atoms with Crippen LogP contribution in [0.3, 0.4) is 0 Å². The van der Waals surface area contributed by atoms with Gasteiger partial charge < -0.3 is 18.9 Å². The van der Waals surface area contributed by atoms with Crippen LogP contribution in [0.1, 0.15) is 32.6 Å². The van der Waals surface area contributed by atoms with Crippen molar-refractivity contribution in [3.05, 3.63) is 82.4 Å². The van der Waals surface area contributed by atoms with E-state index in [9.17, 15) is 4.79 Å². The van der Waals surface area contributed by atoms with Crippen molar-refractivity contribution < 1.29 is 23.7 Å². The Labute approximate surface area is 192 Å². The monoisotopic (exact) mass is 444 g/mol. The number of hydrogen-bond acceptors (Lipinski definition) is 7. The van der Waals surface area contributed by atoms with E-state index in [0.717, 1.165) is 22.4 Å². The number of benzene rings is 2. The first kappa shape index (κ1) is 21.0. The molecule has 3 aromatic rings. The van der Waals surface area contributed by atoms with Gasteiger partial charge in [-0.15, -0.1) is 0 Å². The summed E-state index contributed by atoms with van der Waals surface area (Å²) in [5.74, 6) is 2.71. The van der Waals surface area contributed by atoms with Gasteiger partial charge in [-0.05, 0) is 48.9 Å². The second-order valence-electron chi connectivity index (χ2n) is 8.04. The van der Waals surface area contributed by atoms with Crippen molar-refractivity contribution in [2.24, 2.45) is 0 Å². The number of fused-ring (bicyclic) bond motifs is 2. The molecule has 0 radical (unpaired) electrons. The third-order valence-electron chi connectivity index (χ3n) is 5.85. The fourth-order valence-electron chi connectivity index (χ4n) is 4.24. The van der Waals surface area contributed by atoms with Gasteiger partial charge in [-0.3, -0.25) is 14.7 Å². The highest BCUT2D eigenvalue weighted by Crippen LogP contribution is 2.43. The lowest BCUT2D eigenvalue weighted by Crippen LogP contribution is -2.32. The Morgan fingerprint density at radius 3 is 2.79 bits per heavy atom. The van der Waals surface area contributed by atoms with Gasteiger partial charge >= 0.3 is 0 Å². The summed E-state index contributed by atoms with van der Waals surface area (Å²) < 4.78 is 22.9. The molecule has 0 saturated heterocycles. The smallest absolute Gasteiger partial charge is 0.231 e. The molecule has 5 rings (SSSR count). The van der Waals surface area contributed by atoms with Crippen LogP contribution >= 0.6 is 0 Å². The first-order chi connectivity index (χ1) is 16.1. The van der Waals surface area contributed by atoms with E-state index >= 15 is 0 Å². The summed E-state index contributed by atoms with van der Waals surface area (Å²) in [4.78, 5) is 19.6. The van der Waals surface area contributed by atoms with Crippen molar-refractivity contribution in [3.8, 4) is 23.0 Å². The number of allylic oxidation sites excluding steroid dienone is 1. The number of carbonyl (C=O) groups excluding carboxylic acids is 1. The second kappa shape index (κ2) is 8.60. The Kier molecular flexibility index (Phi) is 5.48. The number of aromatic nitrogens is 1. The summed E-state index contributed by atoms with van der Waals surface area (Å²) in [5.41, 5.74) is 4.16. The standard InChI is InChI=1S/C26H24N2O5/c1-16-25-19(14-28(15-32-25)13-17-5-4-8-27-12-17)10-21-24(29)23(33-26(16)21)11-18-9-20(30-2)6-7-22(18)31-3/h4-12H,13-15H2,1-3H3. The van der Waals surface area contributed by atoms with Gasteiger partial charge in [-0.25, -0.2) is 0 Å². The van der Waals surface area contributed by atoms with Crippen LogP contribution in [0.4, 0.5) is 0 Å². The minimum Gasteiger partial charge on any atom is -0.497 e. The average molecular weight is 444 g/mol. The predicted molar refractivity (Wildman–Crippen MR) is 123 cm³/mol. The number of ether oxygens (including phenoxy) is 4. The third kappa shape index (κ3) is 3.91. The minimum absolute atomic E-state index is 0.162. The number of hydrogen-bond donors (Lipinski definition) is 0. The molecular weight excluding hydrogens is 420 g/mol. The largest absolute Gasteiger partial charge is 0.497 e. The second-order valence-corrected chi connectivity index (χ2v) is 8.04. The number of rotatable bonds is 5. The maximum atomic E-state index is 13.2. The molecule has 2 aromatic carbocycles. The fraction of sp³-hybridized carbons (Fsp3) is 0.231. The first-order valence-corrected chi connectivity index (χ1v) is 10.6. The summed E-state index contributed by atoms with van der Waals surface area (Å²) in [6.07, 6.45) is 5.30. The molecule has 0 atom stereocenters. The molecule has 7 nitrogen and oxygen atoms in total. The molecule has 0 aliphatic carbocycles. The van der Waals surface area contributed by atoms with Crippen LogP contribution in [0, 0.1) is 6.92 Å². The van der Waals surface area contributed by atoms with Crippen LogP contribution in [-0.2, 0) is 13.1 Å². The molecule has 0 unspecified atom stereocenters. The zero-order chi connectivity index (χ0) is 22.9. The number of nitrogens with zero attached hydrogens (tertiary/aromatic N) is 2. The fourth-order valence-corrected chi connectivity index (χ4v) is 4.24. The van der Waals surface area contributed by atoms with Crippen molar-refractivity contribution in [3.63, 3.8) is 0 Å². The zero-order valence-corrected chi connectivity index (χ0v) is 18.8. The van der Waals surface area contributed by atoms with E-state index in [1.54, 1.807) is 38.6 Å². The lowest BCUT2D eigenvalue weighted by molar-refractivity contribution is 0.0876. The van der Waals surface area contributed by atoms with Crippen LogP contribution in [0.15, 0.2) is 54.6 Å². The molecule has 1 aromatic heterocycles. The van der Waals surface area contributed by atoms with Gasteiger partial charge in [0.25, 0.3) is 0 Å². The molecule has 7 heteroatoms. The van der Waals surface area contributed by atoms with E-state index in [4.69, 9.17) is 18.9 Å². The summed E-state index contributed by atoms with van der Waals surface area (Å²) in [5, 5.41) is 0. The van der Waals surface area contributed by atoms with E-state index in [0.29, 0.717) is 48.2 Å². The number of methoxy groups -OCH3 is 2. The number of pyridine rings is 1. The Bertz CT molecular complexity index is 1250. The minimum atomic E-state index is -0.162. The highest BCUT2D eigenvalue weighted by molar-refractivity contribution is 6.15. The molecule has 2 aliphatic heterocycles. The van der Waals surface area contributed by atoms with Gasteiger partial charge in [0.05, 0.1) is 19.8 Å². The van der Waals surface area contributed by atoms with E-state index in [-0.39, 0.29) is 11.5 Å². The summed E-state index contributed by atoms with van der Waals surface area (Å²) >= 11 is 0. The molecule has 2 aliphatic rings. The number of Topliss-reactive ketones (excluding diaryl/α,β-unsaturated/α-hetero) is 1. The molecule has 33 heavy (non-hydrogen) atoms. The topological polar surface area (TPSA) is 70.1 Å². The van der Waals surface area contributed by atoms with Crippen LogP contribution in [0.5, 0.6) is 23.0 Å². The summed E-state index contributed by atoms with van der Waals surface area (Å²) in [7, 11) is 3.18. The summed E-state index contributed by atoms with van der Waals surface area (Å²) in [6.45, 7) is 3.78. The molecule has 0 saturated carbocycles. The maximum absolute atomic E-state index is 13.2. The van der Waals surface area contributed by atoms with Crippen LogP contribution in [0.25, 0.3) is 6.08 Å². The van der Waals surface area contributed by atoms with Crippen LogP contribution in [0.2, 0.25) is 0 Å². The molecule has 168 valence electrons. The molecule has 0 spiro atoms. The van der Waals surface area contributed by atoms with Crippen LogP contribution in [-0.4, -0.2) is 36.6 Å². The van der Waals surface area contributed by atoms with E-state index in [1.165, 1.54) is 0 Å². The van der Waals surface area contributed by atoms with Crippen molar-refractivity contribution in [1.29, 1.82) is 0 Å². The highest BCUT2D eigenvalue weighted by Gasteiger charge is 2.33. The molecule has 0 fully saturated rings. The molecular formula is C26H24N2O5. The molecule has 3 heterocycles. The first-order valence-electron chi connectivity index (χ1n) is 10.6. The van der Waals surface area contributed by atoms with Crippen molar-refractivity contribution in [2.75, 3.05) is 21.0 Å². The van der Waals surface area contributed by atoms with E-state index in [1.807, 2.05) is 37.4 Å². The quantitative estimate of drug-likeness (QED) is 0.541. The number of carbonyl (C=O) groups is 1. The lowest BCUT2D eigenvalue weighted by atomic mass is 9.99. The van der Waals surface area contributed by atoms with Crippen molar-refractivity contribution >= 4 is 11.9 Å². The van der Waals surface area contributed by atoms with Gasteiger partial charge in [-0.1, -0.05) is 6.07 Å². The van der Waals surface area contributed by atoms with Crippen LogP contribution < -0.4 is 18.9 Å². The van der Waals surface area contributed by atoms with Gasteiger partial charge in [-0.2, -0.15) is 0 Å². The molecule has 0 bridgehead atoms. The van der Waals surface area contributed by atoms with Gasteiger partial charge in [0, 0.05) is 42.2 Å². The number of ketones is 1. The van der Waals surface area contributed by atoms with Gasteiger partial charge in [0.1, 0.15) is 29.7 Å². The molecule has 0 N–H and O–H groups in total. The third-order valence-corrected chi connectivity index (χ3v) is 5.85. The van der Waals surface area contributed by atoms with Crippen molar-refractivity contribution in [2.45, 2.75) is 20.0 Å². The normalized spacial score (nSPS) is 16.1. The molecule has 0 amide bonds. The maximum Gasteiger partial charge on any atom is 0.231 e. The van der Waals surface area contributed by atoms with Gasteiger partial charge in [0.15, 0.2) is 5.76 Å². The lowest BCUT2D eigenvalue weighted by Gasteiger charge is -2.30. The Morgan fingerprint density at radius 2 is 2.03 bits per heavy atom. The Balaban J connectivity index is 1.45.